The topological polar surface area (TPSA) is 65.0 Å². The molecule has 28 heavy (non-hydrogen) atoms. The van der Waals surface area contributed by atoms with E-state index in [9.17, 15) is 0 Å². The van der Waals surface area contributed by atoms with Crippen molar-refractivity contribution in [2.24, 2.45) is 5.10 Å². The third kappa shape index (κ3) is 4.74. The Bertz CT molecular complexity index is 975. The average Bonchev–Trinajstić information content (AvgIpc) is 3.17. The minimum atomic E-state index is 0.462. The van der Waals surface area contributed by atoms with Gasteiger partial charge in [-0.05, 0) is 36.8 Å². The molecule has 0 saturated heterocycles. The van der Waals surface area contributed by atoms with Gasteiger partial charge < -0.3 is 14.2 Å². The number of anilines is 1. The summed E-state index contributed by atoms with van der Waals surface area (Å²) in [5.74, 6) is 1.88. The quantitative estimate of drug-likeness (QED) is 0.396. The highest BCUT2D eigenvalue weighted by molar-refractivity contribution is 7.14. The number of benzene rings is 2. The zero-order valence-corrected chi connectivity index (χ0v) is 17.3. The van der Waals surface area contributed by atoms with Crippen molar-refractivity contribution < 1.29 is 14.2 Å². The van der Waals surface area contributed by atoms with E-state index in [4.69, 9.17) is 25.8 Å². The highest BCUT2D eigenvalue weighted by atomic mass is 35.5. The second kappa shape index (κ2) is 9.43. The number of nitrogens with one attached hydrogen (secondary N) is 1. The van der Waals surface area contributed by atoms with Crippen LogP contribution in [0, 0.1) is 0 Å². The van der Waals surface area contributed by atoms with Gasteiger partial charge >= 0.3 is 0 Å². The second-order valence-electron chi connectivity index (χ2n) is 5.61. The van der Waals surface area contributed by atoms with E-state index >= 15 is 0 Å². The van der Waals surface area contributed by atoms with Crippen LogP contribution in [0.4, 0.5) is 5.13 Å². The summed E-state index contributed by atoms with van der Waals surface area (Å²) in [4.78, 5) is 4.55. The molecule has 0 bridgehead atoms. The minimum Gasteiger partial charge on any atom is -0.497 e. The monoisotopic (exact) mass is 417 g/mol. The van der Waals surface area contributed by atoms with Crippen molar-refractivity contribution in [2.75, 3.05) is 26.3 Å². The molecule has 0 spiro atoms. The molecule has 0 aliphatic rings. The van der Waals surface area contributed by atoms with Crippen LogP contribution in [0.25, 0.3) is 11.3 Å². The van der Waals surface area contributed by atoms with Crippen molar-refractivity contribution in [1.29, 1.82) is 0 Å². The van der Waals surface area contributed by atoms with Crippen molar-refractivity contribution >= 4 is 34.3 Å². The molecule has 0 amide bonds. The van der Waals surface area contributed by atoms with Gasteiger partial charge in [0.15, 0.2) is 11.5 Å². The van der Waals surface area contributed by atoms with Gasteiger partial charge in [0.2, 0.25) is 5.13 Å². The molecule has 2 aromatic carbocycles. The first-order valence-corrected chi connectivity index (χ1v) is 9.79. The first kappa shape index (κ1) is 20.0. The molecule has 0 aliphatic carbocycles. The second-order valence-corrected chi connectivity index (χ2v) is 6.87. The smallest absolute Gasteiger partial charge is 0.203 e. The number of thiazole rings is 1. The number of halogens is 1. The normalized spacial score (nSPS) is 10.9. The van der Waals surface area contributed by atoms with Crippen LogP contribution in [-0.4, -0.2) is 32.0 Å². The molecule has 0 saturated carbocycles. The van der Waals surface area contributed by atoms with Gasteiger partial charge in [0.25, 0.3) is 0 Å². The van der Waals surface area contributed by atoms with E-state index in [1.165, 1.54) is 11.3 Å². The number of hydrogen-bond donors (Lipinski definition) is 1. The molecule has 3 aromatic rings. The first-order valence-electron chi connectivity index (χ1n) is 8.54. The van der Waals surface area contributed by atoms with E-state index in [2.05, 4.69) is 15.5 Å². The van der Waals surface area contributed by atoms with Gasteiger partial charge in [0.1, 0.15) is 5.75 Å². The summed E-state index contributed by atoms with van der Waals surface area (Å²) in [6.07, 6.45) is 1.65. The Hall–Kier alpha value is -2.77. The molecule has 1 aromatic heterocycles. The van der Waals surface area contributed by atoms with Gasteiger partial charge in [0, 0.05) is 10.9 Å². The summed E-state index contributed by atoms with van der Waals surface area (Å²) in [5, 5.41) is 7.35. The lowest BCUT2D eigenvalue weighted by molar-refractivity contribution is 0.311. The van der Waals surface area contributed by atoms with Crippen LogP contribution in [-0.2, 0) is 0 Å². The van der Waals surface area contributed by atoms with E-state index in [1.807, 2.05) is 42.6 Å². The fourth-order valence-corrected chi connectivity index (χ4v) is 3.49. The van der Waals surface area contributed by atoms with E-state index in [0.29, 0.717) is 28.3 Å². The largest absolute Gasteiger partial charge is 0.497 e. The van der Waals surface area contributed by atoms with Gasteiger partial charge in [-0.1, -0.05) is 23.7 Å². The third-order valence-electron chi connectivity index (χ3n) is 3.78. The van der Waals surface area contributed by atoms with Crippen LogP contribution in [0.2, 0.25) is 5.02 Å². The van der Waals surface area contributed by atoms with Crippen LogP contribution in [0.1, 0.15) is 12.5 Å². The van der Waals surface area contributed by atoms with Crippen LogP contribution in [0.5, 0.6) is 17.2 Å². The fraction of sp³-hybridized carbons (Fsp3) is 0.200. The van der Waals surface area contributed by atoms with Gasteiger partial charge in [-0.3, -0.25) is 5.43 Å². The summed E-state index contributed by atoms with van der Waals surface area (Å²) in [7, 11) is 3.20. The lowest BCUT2D eigenvalue weighted by Gasteiger charge is -2.11. The Morgan fingerprint density at radius 3 is 2.82 bits per heavy atom. The van der Waals surface area contributed by atoms with Gasteiger partial charge in [-0.2, -0.15) is 5.10 Å². The maximum atomic E-state index is 6.25. The minimum absolute atomic E-state index is 0.462. The molecule has 8 heteroatoms. The highest BCUT2D eigenvalue weighted by Crippen LogP contribution is 2.36. The summed E-state index contributed by atoms with van der Waals surface area (Å²) >= 11 is 7.72. The van der Waals surface area contributed by atoms with Crippen molar-refractivity contribution in [3.63, 3.8) is 0 Å². The molecule has 0 unspecified atom stereocenters. The summed E-state index contributed by atoms with van der Waals surface area (Å²) in [5.41, 5.74) is 5.56. The average molecular weight is 418 g/mol. The molecule has 1 heterocycles. The standard InChI is InChI=1S/C20H20ClN3O3S/c1-4-27-18-9-13(8-16(21)19(18)26-3)11-22-24-20-23-17(12-28-20)14-6-5-7-15(10-14)25-2/h5-12H,4H2,1-3H3,(H,23,24)/b22-11-. The fourth-order valence-electron chi connectivity index (χ4n) is 2.53. The third-order valence-corrected chi connectivity index (χ3v) is 4.81. The number of aromatic nitrogens is 1. The number of ether oxygens (including phenoxy) is 3. The number of hydrazone groups is 1. The van der Waals surface area contributed by atoms with Crippen LogP contribution >= 0.6 is 22.9 Å². The molecule has 0 radical (unpaired) electrons. The molecule has 6 nitrogen and oxygen atoms in total. The number of hydrogen-bond acceptors (Lipinski definition) is 7. The van der Waals surface area contributed by atoms with Crippen LogP contribution < -0.4 is 19.6 Å². The Labute approximate surface area is 172 Å². The lowest BCUT2D eigenvalue weighted by Crippen LogP contribution is -1.98. The molecule has 0 atom stereocenters. The Morgan fingerprint density at radius 2 is 2.07 bits per heavy atom. The van der Waals surface area contributed by atoms with Gasteiger partial charge in [-0.15, -0.1) is 11.3 Å². The molecule has 0 aliphatic heterocycles. The molecule has 3 rings (SSSR count). The summed E-state index contributed by atoms with van der Waals surface area (Å²) in [6.45, 7) is 2.41. The Morgan fingerprint density at radius 1 is 1.21 bits per heavy atom. The number of rotatable bonds is 8. The van der Waals surface area contributed by atoms with E-state index in [-0.39, 0.29) is 0 Å². The van der Waals surface area contributed by atoms with Crippen molar-refractivity contribution in [3.8, 4) is 28.5 Å². The van der Waals surface area contributed by atoms with E-state index in [1.54, 1.807) is 26.5 Å². The predicted molar refractivity (Wildman–Crippen MR) is 114 cm³/mol. The van der Waals surface area contributed by atoms with Crippen molar-refractivity contribution in [1.82, 2.24) is 4.98 Å². The molecule has 146 valence electrons. The first-order chi connectivity index (χ1) is 13.6. The number of nitrogens with zero attached hydrogens (tertiary/aromatic N) is 2. The summed E-state index contributed by atoms with van der Waals surface area (Å²) < 4.78 is 16.1. The SMILES string of the molecule is CCOc1cc(/C=N\Nc2nc(-c3cccc(OC)c3)cs2)cc(Cl)c1OC. The van der Waals surface area contributed by atoms with Crippen molar-refractivity contribution in [3.05, 3.63) is 52.4 Å². The van der Waals surface area contributed by atoms with Crippen LogP contribution in [0.3, 0.4) is 0 Å². The molecule has 1 N–H and O–H groups in total. The predicted octanol–water partition coefficient (Wildman–Crippen LogP) is 5.33. The zero-order valence-electron chi connectivity index (χ0n) is 15.7. The van der Waals surface area contributed by atoms with E-state index in [0.717, 1.165) is 22.6 Å². The molecule has 0 fully saturated rings. The van der Waals surface area contributed by atoms with Gasteiger partial charge in [-0.25, -0.2) is 4.98 Å². The molecular formula is C20H20ClN3O3S. The van der Waals surface area contributed by atoms with E-state index < -0.39 is 0 Å². The maximum absolute atomic E-state index is 6.25. The number of methoxy groups -OCH3 is 2. The Kier molecular flexibility index (Phi) is 6.73. The maximum Gasteiger partial charge on any atom is 0.203 e. The zero-order chi connectivity index (χ0) is 19.9. The highest BCUT2D eigenvalue weighted by Gasteiger charge is 2.11. The molecular weight excluding hydrogens is 398 g/mol. The Balaban J connectivity index is 1.72. The van der Waals surface area contributed by atoms with Crippen LogP contribution in [0.15, 0.2) is 46.9 Å². The van der Waals surface area contributed by atoms with Crippen molar-refractivity contribution in [2.45, 2.75) is 6.92 Å². The van der Waals surface area contributed by atoms with Gasteiger partial charge in [0.05, 0.1) is 37.8 Å². The lowest BCUT2D eigenvalue weighted by atomic mass is 10.2. The summed E-state index contributed by atoms with van der Waals surface area (Å²) in [6, 6.07) is 11.3.